The van der Waals surface area contributed by atoms with Gasteiger partial charge in [-0.2, -0.15) is 13.2 Å². The standard InChI is InChI=1S/C16H19ClF3N3OS/c17-13-5-11(16(18,19)20)6-21-14(13)25-23-9-15(10-23)7-22(8-15)12-1-3-24-4-2-12/h5-6,12H,1-4,7-10H2. The minimum Gasteiger partial charge on any atom is -0.381 e. The molecule has 3 saturated heterocycles. The second-order valence-corrected chi connectivity index (χ2v) is 8.64. The normalized spacial score (nSPS) is 25.0. The number of likely N-dealkylation sites (tertiary alicyclic amines) is 1. The highest BCUT2D eigenvalue weighted by atomic mass is 35.5. The molecule has 1 aromatic rings. The molecular weight excluding hydrogens is 375 g/mol. The zero-order valence-electron chi connectivity index (χ0n) is 13.6. The van der Waals surface area contributed by atoms with E-state index in [-0.39, 0.29) is 5.02 Å². The third kappa shape index (κ3) is 3.64. The van der Waals surface area contributed by atoms with E-state index < -0.39 is 11.7 Å². The summed E-state index contributed by atoms with van der Waals surface area (Å²) in [5, 5.41) is 0.489. The average Bonchev–Trinajstić information content (AvgIpc) is 2.49. The lowest BCUT2D eigenvalue weighted by atomic mass is 9.73. The van der Waals surface area contributed by atoms with Gasteiger partial charge in [-0.25, -0.2) is 9.29 Å². The van der Waals surface area contributed by atoms with Gasteiger partial charge in [-0.3, -0.25) is 4.90 Å². The highest BCUT2D eigenvalue weighted by molar-refractivity contribution is 7.97. The van der Waals surface area contributed by atoms with E-state index in [1.165, 1.54) is 11.9 Å². The molecule has 0 atom stereocenters. The summed E-state index contributed by atoms with van der Waals surface area (Å²) in [5.74, 6) is 0. The molecule has 0 bridgehead atoms. The summed E-state index contributed by atoms with van der Waals surface area (Å²) < 4.78 is 45.5. The van der Waals surface area contributed by atoms with Crippen molar-refractivity contribution in [1.82, 2.24) is 14.2 Å². The summed E-state index contributed by atoms with van der Waals surface area (Å²) in [6.45, 7) is 5.76. The molecule has 0 unspecified atom stereocenters. The SMILES string of the molecule is FC(F)(F)c1cnc(SN2CC3(C2)CN(C2CCOCC2)C3)c(Cl)c1. The summed E-state index contributed by atoms with van der Waals surface area (Å²) >= 11 is 7.32. The fourth-order valence-corrected chi connectivity index (χ4v) is 5.30. The molecule has 4 nitrogen and oxygen atoms in total. The van der Waals surface area contributed by atoms with E-state index in [2.05, 4.69) is 14.2 Å². The molecule has 3 aliphatic heterocycles. The van der Waals surface area contributed by atoms with Gasteiger partial charge in [-0.15, -0.1) is 0 Å². The van der Waals surface area contributed by atoms with Crippen LogP contribution in [-0.2, 0) is 10.9 Å². The smallest absolute Gasteiger partial charge is 0.381 e. The zero-order valence-corrected chi connectivity index (χ0v) is 15.1. The maximum Gasteiger partial charge on any atom is 0.417 e. The molecule has 138 valence electrons. The van der Waals surface area contributed by atoms with Crippen molar-refractivity contribution in [2.75, 3.05) is 39.4 Å². The summed E-state index contributed by atoms with van der Waals surface area (Å²) in [7, 11) is 0. The van der Waals surface area contributed by atoms with Crippen molar-refractivity contribution in [3.8, 4) is 0 Å². The van der Waals surface area contributed by atoms with Crippen LogP contribution in [0.5, 0.6) is 0 Å². The van der Waals surface area contributed by atoms with Crippen LogP contribution in [0, 0.1) is 5.41 Å². The maximum atomic E-state index is 12.7. The number of hydrogen-bond donors (Lipinski definition) is 0. The van der Waals surface area contributed by atoms with Gasteiger partial charge in [0.05, 0.1) is 10.6 Å². The molecule has 0 saturated carbocycles. The topological polar surface area (TPSA) is 28.6 Å². The third-order valence-corrected chi connectivity index (χ3v) is 6.57. The molecule has 0 radical (unpaired) electrons. The van der Waals surface area contributed by atoms with Gasteiger partial charge in [0.2, 0.25) is 0 Å². The second-order valence-electron chi connectivity index (χ2n) is 7.15. The number of ether oxygens (including phenoxy) is 1. The number of nitrogens with zero attached hydrogens (tertiary/aromatic N) is 3. The Bertz CT molecular complexity index is 640. The van der Waals surface area contributed by atoms with Gasteiger partial charge >= 0.3 is 6.18 Å². The largest absolute Gasteiger partial charge is 0.417 e. The quantitative estimate of drug-likeness (QED) is 0.732. The van der Waals surface area contributed by atoms with Crippen LogP contribution in [0.3, 0.4) is 0 Å². The molecule has 9 heteroatoms. The van der Waals surface area contributed by atoms with E-state index in [0.717, 1.165) is 64.5 Å². The van der Waals surface area contributed by atoms with Crippen molar-refractivity contribution in [3.63, 3.8) is 0 Å². The Balaban J connectivity index is 1.28. The van der Waals surface area contributed by atoms with Crippen molar-refractivity contribution in [2.45, 2.75) is 30.1 Å². The highest BCUT2D eigenvalue weighted by Crippen LogP contribution is 2.46. The minimum absolute atomic E-state index is 0.0539. The van der Waals surface area contributed by atoms with E-state index in [4.69, 9.17) is 16.3 Å². The number of hydrogen-bond acceptors (Lipinski definition) is 5. The van der Waals surface area contributed by atoms with Crippen molar-refractivity contribution < 1.29 is 17.9 Å². The molecule has 1 aromatic heterocycles. The number of aromatic nitrogens is 1. The summed E-state index contributed by atoms with van der Waals surface area (Å²) in [6.07, 6.45) is -1.35. The second kappa shape index (κ2) is 6.56. The summed E-state index contributed by atoms with van der Waals surface area (Å²) in [5.41, 5.74) is -0.475. The molecular formula is C16H19ClF3N3OS. The van der Waals surface area contributed by atoms with Gasteiger partial charge in [0.1, 0.15) is 5.03 Å². The van der Waals surface area contributed by atoms with Crippen LogP contribution in [0.4, 0.5) is 13.2 Å². The Labute approximate surface area is 153 Å². The van der Waals surface area contributed by atoms with Gasteiger partial charge < -0.3 is 4.74 Å². The van der Waals surface area contributed by atoms with Crippen molar-refractivity contribution in [2.24, 2.45) is 5.41 Å². The lowest BCUT2D eigenvalue weighted by molar-refractivity contribution is -0.137. The monoisotopic (exact) mass is 393 g/mol. The fraction of sp³-hybridized carbons (Fsp3) is 0.688. The predicted octanol–water partition coefficient (Wildman–Crippen LogP) is 3.56. The van der Waals surface area contributed by atoms with E-state index >= 15 is 0 Å². The molecule has 3 aliphatic rings. The van der Waals surface area contributed by atoms with Crippen LogP contribution in [0.25, 0.3) is 0 Å². The van der Waals surface area contributed by atoms with Crippen molar-refractivity contribution >= 4 is 23.5 Å². The maximum absolute atomic E-state index is 12.7. The first kappa shape index (κ1) is 17.9. The molecule has 0 aromatic carbocycles. The molecule has 3 fully saturated rings. The predicted molar refractivity (Wildman–Crippen MR) is 89.5 cm³/mol. The molecule has 0 amide bonds. The lowest BCUT2D eigenvalue weighted by Gasteiger charge is -2.61. The molecule has 0 N–H and O–H groups in total. The molecule has 4 heterocycles. The number of alkyl halides is 3. The fourth-order valence-electron chi connectivity index (χ4n) is 3.86. The lowest BCUT2D eigenvalue weighted by Crippen LogP contribution is -2.72. The molecule has 4 rings (SSSR count). The third-order valence-electron chi connectivity index (χ3n) is 5.16. The minimum atomic E-state index is -4.42. The van der Waals surface area contributed by atoms with Crippen LogP contribution >= 0.6 is 23.5 Å². The van der Waals surface area contributed by atoms with Crippen molar-refractivity contribution in [1.29, 1.82) is 0 Å². The van der Waals surface area contributed by atoms with Gasteiger partial charge in [0.15, 0.2) is 0 Å². The van der Waals surface area contributed by atoms with E-state index in [1.54, 1.807) is 0 Å². The Morgan fingerprint density at radius 3 is 2.48 bits per heavy atom. The van der Waals surface area contributed by atoms with E-state index in [0.29, 0.717) is 16.5 Å². The first-order chi connectivity index (χ1) is 11.8. The van der Waals surface area contributed by atoms with E-state index in [1.807, 2.05) is 0 Å². The number of halogens is 4. The Hall–Kier alpha value is -0.540. The van der Waals surface area contributed by atoms with Crippen LogP contribution in [0.2, 0.25) is 5.02 Å². The Morgan fingerprint density at radius 1 is 1.20 bits per heavy atom. The van der Waals surface area contributed by atoms with Gasteiger partial charge in [0, 0.05) is 57.0 Å². The molecule has 0 aliphatic carbocycles. The Kier molecular flexibility index (Phi) is 4.69. The van der Waals surface area contributed by atoms with Crippen LogP contribution < -0.4 is 0 Å². The van der Waals surface area contributed by atoms with Crippen molar-refractivity contribution in [3.05, 3.63) is 22.8 Å². The first-order valence-corrected chi connectivity index (χ1v) is 9.47. The highest BCUT2D eigenvalue weighted by Gasteiger charge is 2.53. The van der Waals surface area contributed by atoms with Gasteiger partial charge in [-0.1, -0.05) is 11.6 Å². The van der Waals surface area contributed by atoms with E-state index in [9.17, 15) is 13.2 Å². The number of rotatable bonds is 3. The summed E-state index contributed by atoms with van der Waals surface area (Å²) in [6, 6.07) is 1.59. The molecule has 1 spiro atoms. The average molecular weight is 394 g/mol. The van der Waals surface area contributed by atoms with Crippen LogP contribution in [-0.4, -0.2) is 59.6 Å². The Morgan fingerprint density at radius 2 is 1.88 bits per heavy atom. The zero-order chi connectivity index (χ0) is 17.7. The van der Waals surface area contributed by atoms with Gasteiger partial charge in [0.25, 0.3) is 0 Å². The summed E-state index contributed by atoms with van der Waals surface area (Å²) in [4.78, 5) is 6.43. The molecule has 25 heavy (non-hydrogen) atoms. The number of pyridine rings is 1. The van der Waals surface area contributed by atoms with Crippen LogP contribution in [0.1, 0.15) is 18.4 Å². The van der Waals surface area contributed by atoms with Crippen LogP contribution in [0.15, 0.2) is 17.3 Å². The first-order valence-electron chi connectivity index (χ1n) is 8.32. The van der Waals surface area contributed by atoms with Gasteiger partial charge in [-0.05, 0) is 30.9 Å².